The van der Waals surface area contributed by atoms with Crippen molar-refractivity contribution < 1.29 is 9.90 Å². The van der Waals surface area contributed by atoms with E-state index in [2.05, 4.69) is 40.8 Å². The lowest BCUT2D eigenvalue weighted by molar-refractivity contribution is -0.131. The van der Waals surface area contributed by atoms with Gasteiger partial charge in [-0.05, 0) is 60.5 Å². The second kappa shape index (κ2) is 5.17. The summed E-state index contributed by atoms with van der Waals surface area (Å²) in [6.07, 6.45) is 2.64. The van der Waals surface area contributed by atoms with Crippen LogP contribution in [0.2, 0.25) is 0 Å². The number of halogens is 1. The molecule has 0 spiro atoms. The molecular formula is C14H15BrN2O2. The molecule has 1 heterocycles. The second-order valence-electron chi connectivity index (χ2n) is 4.72. The third kappa shape index (κ3) is 2.71. The molecule has 4 nitrogen and oxygen atoms in total. The number of benzene rings is 1. The number of hydrogen-bond donors (Lipinski definition) is 1. The molecule has 0 aliphatic rings. The van der Waals surface area contributed by atoms with E-state index in [1.165, 1.54) is 6.08 Å². The van der Waals surface area contributed by atoms with Crippen LogP contribution in [0.15, 0.2) is 22.7 Å². The minimum atomic E-state index is -0.974. The topological polar surface area (TPSA) is 55.1 Å². The molecule has 2 rings (SSSR count). The average molecular weight is 323 g/mol. The first-order valence-corrected chi connectivity index (χ1v) is 6.78. The number of fused-ring (bicyclic) bond motifs is 1. The molecule has 1 aromatic heterocycles. The number of aromatic nitrogens is 2. The summed E-state index contributed by atoms with van der Waals surface area (Å²) in [4.78, 5) is 15.2. The van der Waals surface area contributed by atoms with Crippen molar-refractivity contribution in [2.75, 3.05) is 0 Å². The highest BCUT2D eigenvalue weighted by Gasteiger charge is 2.14. The molecule has 5 heteroatoms. The number of hydrogen-bond acceptors (Lipinski definition) is 2. The van der Waals surface area contributed by atoms with Crippen molar-refractivity contribution in [3.05, 3.63) is 34.1 Å². The van der Waals surface area contributed by atoms with Crippen molar-refractivity contribution in [2.24, 2.45) is 0 Å². The van der Waals surface area contributed by atoms with Gasteiger partial charge in [0.15, 0.2) is 0 Å². The Morgan fingerprint density at radius 2 is 2.16 bits per heavy atom. The number of aliphatic carboxylic acids is 1. The number of nitrogens with zero attached hydrogens (tertiary/aromatic N) is 2. The van der Waals surface area contributed by atoms with Gasteiger partial charge in [0.25, 0.3) is 0 Å². The maximum atomic E-state index is 10.7. The van der Waals surface area contributed by atoms with Crippen LogP contribution >= 0.6 is 15.9 Å². The van der Waals surface area contributed by atoms with Crippen LogP contribution in [-0.4, -0.2) is 20.6 Å². The highest BCUT2D eigenvalue weighted by Crippen LogP contribution is 2.29. The quantitative estimate of drug-likeness (QED) is 0.875. The van der Waals surface area contributed by atoms with Crippen LogP contribution < -0.4 is 0 Å². The van der Waals surface area contributed by atoms with E-state index >= 15 is 0 Å². The van der Waals surface area contributed by atoms with E-state index < -0.39 is 5.97 Å². The normalized spacial score (nSPS) is 11.8. The molecule has 0 aliphatic heterocycles. The number of carbonyl (C=O) groups is 1. The predicted molar refractivity (Wildman–Crippen MR) is 79.2 cm³/mol. The summed E-state index contributed by atoms with van der Waals surface area (Å²) in [6.45, 7) is 6.12. The first kappa shape index (κ1) is 13.8. The molecule has 0 fully saturated rings. The van der Waals surface area contributed by atoms with Crippen LogP contribution in [0, 0.1) is 6.92 Å². The molecular weight excluding hydrogens is 308 g/mol. The van der Waals surface area contributed by atoms with Crippen molar-refractivity contribution in [1.29, 1.82) is 0 Å². The van der Waals surface area contributed by atoms with Crippen molar-refractivity contribution in [3.8, 4) is 0 Å². The molecule has 19 heavy (non-hydrogen) atoms. The van der Waals surface area contributed by atoms with Gasteiger partial charge in [0.05, 0.1) is 5.52 Å². The number of carboxylic acids is 1. The highest BCUT2D eigenvalue weighted by molar-refractivity contribution is 9.10. The predicted octanol–water partition coefficient (Wildman–Crippen LogP) is 3.79. The van der Waals surface area contributed by atoms with Gasteiger partial charge in [0, 0.05) is 16.6 Å². The monoisotopic (exact) mass is 322 g/mol. The fraction of sp³-hybridized carbons (Fsp3) is 0.286. The molecule has 1 N–H and O–H groups in total. The summed E-state index contributed by atoms with van der Waals surface area (Å²) in [5.41, 5.74) is 2.99. The zero-order chi connectivity index (χ0) is 14.2. The van der Waals surface area contributed by atoms with E-state index in [-0.39, 0.29) is 6.04 Å². The Morgan fingerprint density at radius 1 is 1.47 bits per heavy atom. The first-order valence-electron chi connectivity index (χ1n) is 5.99. The molecule has 0 radical (unpaired) electrons. The maximum absolute atomic E-state index is 10.7. The minimum Gasteiger partial charge on any atom is -0.478 e. The van der Waals surface area contributed by atoms with Gasteiger partial charge in [-0.25, -0.2) is 9.78 Å². The number of rotatable bonds is 3. The second-order valence-corrected chi connectivity index (χ2v) is 5.57. The highest BCUT2D eigenvalue weighted by atomic mass is 79.9. The molecule has 2 aromatic rings. The lowest BCUT2D eigenvalue weighted by Gasteiger charge is -2.11. The Balaban J connectivity index is 2.74. The van der Waals surface area contributed by atoms with Gasteiger partial charge >= 0.3 is 5.97 Å². The fourth-order valence-electron chi connectivity index (χ4n) is 2.11. The molecule has 0 aliphatic carbocycles. The third-order valence-electron chi connectivity index (χ3n) is 2.81. The zero-order valence-corrected chi connectivity index (χ0v) is 12.6. The summed E-state index contributed by atoms with van der Waals surface area (Å²) in [6, 6.07) is 4.27. The Morgan fingerprint density at radius 3 is 2.74 bits per heavy atom. The zero-order valence-electron chi connectivity index (χ0n) is 11.0. The van der Waals surface area contributed by atoms with Crippen LogP contribution in [0.5, 0.6) is 0 Å². The largest absolute Gasteiger partial charge is 0.478 e. The van der Waals surface area contributed by atoms with Gasteiger partial charge in [0.2, 0.25) is 0 Å². The lowest BCUT2D eigenvalue weighted by atomic mass is 10.2. The molecule has 0 saturated heterocycles. The Labute approximate surface area is 119 Å². The van der Waals surface area contributed by atoms with E-state index in [4.69, 9.17) is 5.11 Å². The van der Waals surface area contributed by atoms with Crippen LogP contribution in [0.1, 0.15) is 31.3 Å². The number of aryl methyl sites for hydroxylation is 1. The maximum Gasteiger partial charge on any atom is 0.328 e. The van der Waals surface area contributed by atoms with Gasteiger partial charge < -0.3 is 9.67 Å². The van der Waals surface area contributed by atoms with Gasteiger partial charge in [-0.3, -0.25) is 0 Å². The van der Waals surface area contributed by atoms with Gasteiger partial charge in [-0.15, -0.1) is 0 Å². The van der Waals surface area contributed by atoms with E-state index in [9.17, 15) is 4.79 Å². The molecule has 0 amide bonds. The first-order chi connectivity index (χ1) is 8.90. The van der Waals surface area contributed by atoms with Crippen molar-refractivity contribution >= 4 is 39.0 Å². The van der Waals surface area contributed by atoms with E-state index in [0.717, 1.165) is 27.1 Å². The molecule has 0 saturated carbocycles. The SMILES string of the molecule is Cc1cc(Br)c2nc(/C=C/C(=O)O)n(C(C)C)c2c1. The van der Waals surface area contributed by atoms with Crippen LogP contribution in [0.3, 0.4) is 0 Å². The van der Waals surface area contributed by atoms with Gasteiger partial charge in [-0.1, -0.05) is 0 Å². The Bertz CT molecular complexity index is 672. The van der Waals surface area contributed by atoms with E-state index in [0.29, 0.717) is 5.82 Å². The van der Waals surface area contributed by atoms with Gasteiger partial charge in [-0.2, -0.15) is 0 Å². The number of imidazole rings is 1. The summed E-state index contributed by atoms with van der Waals surface area (Å²) >= 11 is 3.51. The molecule has 100 valence electrons. The Hall–Kier alpha value is -1.62. The van der Waals surface area contributed by atoms with Crippen molar-refractivity contribution in [2.45, 2.75) is 26.8 Å². The summed E-state index contributed by atoms with van der Waals surface area (Å²) in [7, 11) is 0. The molecule has 1 aromatic carbocycles. The summed E-state index contributed by atoms with van der Waals surface area (Å²) in [5, 5.41) is 8.74. The van der Waals surface area contributed by atoms with Crippen LogP contribution in [0.4, 0.5) is 0 Å². The van der Waals surface area contributed by atoms with E-state index in [1.54, 1.807) is 0 Å². The third-order valence-corrected chi connectivity index (χ3v) is 3.42. The van der Waals surface area contributed by atoms with Crippen LogP contribution in [0.25, 0.3) is 17.1 Å². The van der Waals surface area contributed by atoms with Gasteiger partial charge in [0.1, 0.15) is 11.3 Å². The van der Waals surface area contributed by atoms with E-state index in [1.807, 2.05) is 17.6 Å². The average Bonchev–Trinajstić information content (AvgIpc) is 2.64. The molecule has 0 bridgehead atoms. The standard InChI is InChI=1S/C14H15BrN2O2/c1-8(2)17-11-7-9(3)6-10(15)14(11)16-12(17)4-5-13(18)19/h4-8H,1-3H3,(H,18,19)/b5-4+. The molecule has 0 atom stereocenters. The number of carboxylic acid groups (broad SMARTS) is 1. The van der Waals surface area contributed by atoms with Crippen LogP contribution in [-0.2, 0) is 4.79 Å². The minimum absolute atomic E-state index is 0.201. The van der Waals surface area contributed by atoms with Crippen molar-refractivity contribution in [3.63, 3.8) is 0 Å². The van der Waals surface area contributed by atoms with Crippen molar-refractivity contribution in [1.82, 2.24) is 9.55 Å². The molecule has 0 unspecified atom stereocenters. The Kier molecular flexibility index (Phi) is 3.75. The summed E-state index contributed by atoms with van der Waals surface area (Å²) in [5.74, 6) is -0.323. The smallest absolute Gasteiger partial charge is 0.328 e. The lowest BCUT2D eigenvalue weighted by Crippen LogP contribution is -2.03. The fourth-order valence-corrected chi connectivity index (χ4v) is 2.76. The summed E-state index contributed by atoms with van der Waals surface area (Å²) < 4.78 is 2.96.